The Balaban J connectivity index is 1.45. The van der Waals surface area contributed by atoms with Crippen LogP contribution in [0.1, 0.15) is 34.7 Å². The molecule has 2 aromatic carbocycles. The molecule has 0 saturated carbocycles. The van der Waals surface area contributed by atoms with E-state index in [2.05, 4.69) is 40.5 Å². The zero-order chi connectivity index (χ0) is 17.5. The molecule has 1 atom stereocenters. The summed E-state index contributed by atoms with van der Waals surface area (Å²) in [5, 5.41) is 3.02. The molecule has 2 aromatic rings. The van der Waals surface area contributed by atoms with Crippen molar-refractivity contribution in [3.8, 4) is 5.75 Å². The van der Waals surface area contributed by atoms with Crippen LogP contribution in [-0.2, 0) is 0 Å². The quantitative estimate of drug-likeness (QED) is 0.879. The number of carbonyl (C=O) groups is 1. The van der Waals surface area contributed by atoms with Gasteiger partial charge in [0.25, 0.3) is 5.91 Å². The molecule has 1 N–H and O–H groups in total. The predicted molar refractivity (Wildman–Crippen MR) is 100 cm³/mol. The van der Waals surface area contributed by atoms with Crippen LogP contribution < -0.4 is 10.1 Å². The molecular weight excluding hydrogens is 312 g/mol. The van der Waals surface area contributed by atoms with Crippen molar-refractivity contribution in [2.45, 2.75) is 18.8 Å². The third-order valence-corrected chi connectivity index (χ3v) is 4.84. The minimum Gasteiger partial charge on any atom is -0.497 e. The monoisotopic (exact) mass is 338 g/mol. The van der Waals surface area contributed by atoms with Crippen LogP contribution in [0.25, 0.3) is 0 Å². The van der Waals surface area contributed by atoms with Gasteiger partial charge in [0.15, 0.2) is 0 Å². The second-order valence-corrected chi connectivity index (χ2v) is 6.53. The van der Waals surface area contributed by atoms with Crippen molar-refractivity contribution < 1.29 is 9.53 Å². The third kappa shape index (κ3) is 4.83. The summed E-state index contributed by atoms with van der Waals surface area (Å²) in [6.07, 6.45) is 2.46. The maximum atomic E-state index is 12.2. The summed E-state index contributed by atoms with van der Waals surface area (Å²) in [4.78, 5) is 14.7. The minimum absolute atomic E-state index is 0.0285. The molecule has 0 radical (unpaired) electrons. The van der Waals surface area contributed by atoms with Gasteiger partial charge < -0.3 is 15.0 Å². The number of nitrogens with one attached hydrogen (secondary N) is 1. The molecule has 1 aliphatic rings. The average Bonchev–Trinajstić information content (AvgIpc) is 2.69. The molecule has 132 valence electrons. The molecule has 1 unspecified atom stereocenters. The van der Waals surface area contributed by atoms with E-state index in [1.165, 1.54) is 18.4 Å². The molecule has 3 rings (SSSR count). The summed E-state index contributed by atoms with van der Waals surface area (Å²) < 4.78 is 5.12. The van der Waals surface area contributed by atoms with Crippen molar-refractivity contribution >= 4 is 5.91 Å². The standard InChI is InChI=1S/C21H26N2O2/c1-25-20-11-9-18(10-12-20)21(24)22-13-15-23-14-5-8-19(16-23)17-6-3-2-4-7-17/h2-4,6-7,9-12,19H,5,8,13-16H2,1H3,(H,22,24). The molecule has 0 aliphatic carbocycles. The number of carbonyl (C=O) groups excluding carboxylic acids is 1. The molecule has 0 spiro atoms. The molecule has 0 bridgehead atoms. The Morgan fingerprint density at radius 3 is 2.64 bits per heavy atom. The molecule has 4 heteroatoms. The first-order valence-electron chi connectivity index (χ1n) is 8.96. The fourth-order valence-electron chi connectivity index (χ4n) is 3.43. The Labute approximate surface area is 149 Å². The summed E-state index contributed by atoms with van der Waals surface area (Å²) in [5.74, 6) is 1.34. The fourth-order valence-corrected chi connectivity index (χ4v) is 3.43. The van der Waals surface area contributed by atoms with E-state index in [-0.39, 0.29) is 5.91 Å². The summed E-state index contributed by atoms with van der Waals surface area (Å²) in [5.41, 5.74) is 2.09. The maximum Gasteiger partial charge on any atom is 0.251 e. The number of piperidine rings is 1. The Morgan fingerprint density at radius 2 is 1.92 bits per heavy atom. The lowest BCUT2D eigenvalue weighted by molar-refractivity contribution is 0.0945. The van der Waals surface area contributed by atoms with Gasteiger partial charge >= 0.3 is 0 Å². The average molecular weight is 338 g/mol. The molecule has 1 heterocycles. The lowest BCUT2D eigenvalue weighted by Gasteiger charge is -2.33. The van der Waals surface area contributed by atoms with Crippen molar-refractivity contribution in [2.75, 3.05) is 33.3 Å². The highest BCUT2D eigenvalue weighted by molar-refractivity contribution is 5.94. The van der Waals surface area contributed by atoms with E-state index >= 15 is 0 Å². The molecule has 1 amide bonds. The van der Waals surface area contributed by atoms with Crippen LogP contribution in [0.3, 0.4) is 0 Å². The summed E-state index contributed by atoms with van der Waals surface area (Å²) >= 11 is 0. The molecule has 4 nitrogen and oxygen atoms in total. The summed E-state index contributed by atoms with van der Waals surface area (Å²) in [6.45, 7) is 3.75. The van der Waals surface area contributed by atoms with Gasteiger partial charge in [-0.05, 0) is 55.1 Å². The number of benzene rings is 2. The van der Waals surface area contributed by atoms with Crippen molar-refractivity contribution in [1.82, 2.24) is 10.2 Å². The molecule has 0 aromatic heterocycles. The maximum absolute atomic E-state index is 12.2. The van der Waals surface area contributed by atoms with Crippen LogP contribution in [0.5, 0.6) is 5.75 Å². The van der Waals surface area contributed by atoms with Gasteiger partial charge in [0.05, 0.1) is 7.11 Å². The van der Waals surface area contributed by atoms with Gasteiger partial charge in [-0.25, -0.2) is 0 Å². The number of hydrogen-bond donors (Lipinski definition) is 1. The highest BCUT2D eigenvalue weighted by atomic mass is 16.5. The zero-order valence-corrected chi connectivity index (χ0v) is 14.8. The van der Waals surface area contributed by atoms with Crippen LogP contribution >= 0.6 is 0 Å². The SMILES string of the molecule is COc1ccc(C(=O)NCCN2CCCC(c3ccccc3)C2)cc1. The van der Waals surface area contributed by atoms with Crippen LogP contribution in [0, 0.1) is 0 Å². The number of likely N-dealkylation sites (tertiary alicyclic amines) is 1. The molecule has 25 heavy (non-hydrogen) atoms. The number of methoxy groups -OCH3 is 1. The predicted octanol–water partition coefficient (Wildman–Crippen LogP) is 3.30. The summed E-state index contributed by atoms with van der Waals surface area (Å²) in [6, 6.07) is 17.9. The number of nitrogens with zero attached hydrogens (tertiary/aromatic N) is 1. The topological polar surface area (TPSA) is 41.6 Å². The highest BCUT2D eigenvalue weighted by Gasteiger charge is 2.20. The highest BCUT2D eigenvalue weighted by Crippen LogP contribution is 2.26. The minimum atomic E-state index is -0.0285. The van der Waals surface area contributed by atoms with Gasteiger partial charge in [-0.3, -0.25) is 4.79 Å². The normalized spacial score (nSPS) is 17.9. The van der Waals surface area contributed by atoms with Gasteiger partial charge in [-0.15, -0.1) is 0 Å². The van der Waals surface area contributed by atoms with Crippen LogP contribution in [-0.4, -0.2) is 44.1 Å². The molecular formula is C21H26N2O2. The van der Waals surface area contributed by atoms with E-state index in [0.29, 0.717) is 18.0 Å². The van der Waals surface area contributed by atoms with Crippen LogP contribution in [0.2, 0.25) is 0 Å². The van der Waals surface area contributed by atoms with E-state index in [0.717, 1.165) is 25.4 Å². The van der Waals surface area contributed by atoms with Crippen LogP contribution in [0.4, 0.5) is 0 Å². The number of hydrogen-bond acceptors (Lipinski definition) is 3. The zero-order valence-electron chi connectivity index (χ0n) is 14.8. The largest absolute Gasteiger partial charge is 0.497 e. The number of amides is 1. The molecule has 1 aliphatic heterocycles. The van der Waals surface area contributed by atoms with Gasteiger partial charge in [0.1, 0.15) is 5.75 Å². The van der Waals surface area contributed by atoms with Crippen molar-refractivity contribution in [2.24, 2.45) is 0 Å². The number of rotatable bonds is 6. The van der Waals surface area contributed by atoms with Crippen LogP contribution in [0.15, 0.2) is 54.6 Å². The van der Waals surface area contributed by atoms with Crippen molar-refractivity contribution in [1.29, 1.82) is 0 Å². The van der Waals surface area contributed by atoms with E-state index in [1.54, 1.807) is 19.2 Å². The van der Waals surface area contributed by atoms with Gasteiger partial charge in [0, 0.05) is 25.2 Å². The molecule has 1 fully saturated rings. The lowest BCUT2D eigenvalue weighted by atomic mass is 9.91. The van der Waals surface area contributed by atoms with E-state index in [4.69, 9.17) is 4.74 Å². The first kappa shape index (κ1) is 17.5. The van der Waals surface area contributed by atoms with Gasteiger partial charge in [-0.2, -0.15) is 0 Å². The fraction of sp³-hybridized carbons (Fsp3) is 0.381. The first-order valence-corrected chi connectivity index (χ1v) is 8.96. The number of ether oxygens (including phenoxy) is 1. The lowest BCUT2D eigenvalue weighted by Crippen LogP contribution is -2.40. The first-order chi connectivity index (χ1) is 12.3. The summed E-state index contributed by atoms with van der Waals surface area (Å²) in [7, 11) is 1.62. The van der Waals surface area contributed by atoms with Crippen molar-refractivity contribution in [3.63, 3.8) is 0 Å². The second-order valence-electron chi connectivity index (χ2n) is 6.53. The Morgan fingerprint density at radius 1 is 1.16 bits per heavy atom. The van der Waals surface area contributed by atoms with E-state index in [1.807, 2.05) is 12.1 Å². The smallest absolute Gasteiger partial charge is 0.251 e. The third-order valence-electron chi connectivity index (χ3n) is 4.84. The Hall–Kier alpha value is -2.33. The van der Waals surface area contributed by atoms with E-state index in [9.17, 15) is 4.79 Å². The Kier molecular flexibility index (Phi) is 6.07. The Bertz CT molecular complexity index is 670. The van der Waals surface area contributed by atoms with Gasteiger partial charge in [0.2, 0.25) is 0 Å². The van der Waals surface area contributed by atoms with E-state index < -0.39 is 0 Å². The van der Waals surface area contributed by atoms with Gasteiger partial charge in [-0.1, -0.05) is 30.3 Å². The molecule has 1 saturated heterocycles. The van der Waals surface area contributed by atoms with Crippen molar-refractivity contribution in [3.05, 3.63) is 65.7 Å². The second kappa shape index (κ2) is 8.67.